The zero-order chi connectivity index (χ0) is 20.4. The summed E-state index contributed by atoms with van der Waals surface area (Å²) in [6.45, 7) is 6.40. The van der Waals surface area contributed by atoms with Crippen LogP contribution < -0.4 is 10.6 Å². The summed E-state index contributed by atoms with van der Waals surface area (Å²) in [5.41, 5.74) is 4.06. The van der Waals surface area contributed by atoms with Crippen LogP contribution in [0.2, 0.25) is 0 Å². The van der Waals surface area contributed by atoms with Gasteiger partial charge in [-0.2, -0.15) is 0 Å². The number of aryl methyl sites for hydroxylation is 2. The number of benzene rings is 1. The average molecular weight is 398 g/mol. The average Bonchev–Trinajstić information content (AvgIpc) is 3.35. The lowest BCUT2D eigenvalue weighted by Gasteiger charge is -2.43. The van der Waals surface area contributed by atoms with Crippen molar-refractivity contribution in [2.24, 2.45) is 5.92 Å². The summed E-state index contributed by atoms with van der Waals surface area (Å²) < 4.78 is 0. The Balaban J connectivity index is 1.27. The van der Waals surface area contributed by atoms with Gasteiger partial charge >= 0.3 is 6.03 Å². The van der Waals surface area contributed by atoms with E-state index < -0.39 is 0 Å². The van der Waals surface area contributed by atoms with Crippen LogP contribution in [-0.2, 0) is 10.2 Å². The third-order valence-electron chi connectivity index (χ3n) is 7.56. The van der Waals surface area contributed by atoms with Crippen molar-refractivity contribution < 1.29 is 9.59 Å². The third-order valence-corrected chi connectivity index (χ3v) is 7.56. The smallest absolute Gasteiger partial charge is 0.315 e. The Labute approximate surface area is 174 Å². The molecule has 5 nitrogen and oxygen atoms in total. The molecule has 158 valence electrons. The summed E-state index contributed by atoms with van der Waals surface area (Å²) in [5, 5.41) is 6.23. The molecule has 3 fully saturated rings. The standard InChI is InChI=1S/C24H35N3O2/c1-17-8-9-20(14-18(17)2)24(11-5-12-24)16-25-23(29)26-21-10-13-27(15-21)22(28)19-6-3-4-7-19/h8-9,14,19,21H,3-7,10-13,15-16H2,1-2H3,(H2,25,26,29). The Hall–Kier alpha value is -2.04. The Kier molecular flexibility index (Phi) is 5.84. The maximum atomic E-state index is 12.6. The topological polar surface area (TPSA) is 61.4 Å². The van der Waals surface area contributed by atoms with Crippen molar-refractivity contribution in [2.45, 2.75) is 76.7 Å². The van der Waals surface area contributed by atoms with Gasteiger partial charge < -0.3 is 15.5 Å². The number of amides is 3. The Bertz CT molecular complexity index is 765. The van der Waals surface area contributed by atoms with Gasteiger partial charge in [0.1, 0.15) is 0 Å². The molecule has 4 rings (SSSR count). The lowest BCUT2D eigenvalue weighted by molar-refractivity contribution is -0.134. The minimum absolute atomic E-state index is 0.0688. The van der Waals surface area contributed by atoms with Gasteiger partial charge in [0.15, 0.2) is 0 Å². The van der Waals surface area contributed by atoms with E-state index in [4.69, 9.17) is 0 Å². The fourth-order valence-electron chi connectivity index (χ4n) is 5.24. The van der Waals surface area contributed by atoms with Crippen LogP contribution in [0.1, 0.15) is 68.1 Å². The van der Waals surface area contributed by atoms with Crippen LogP contribution in [0, 0.1) is 19.8 Å². The number of carbonyl (C=O) groups is 2. The van der Waals surface area contributed by atoms with E-state index in [1.165, 1.54) is 36.0 Å². The number of rotatable bonds is 5. The Morgan fingerprint density at radius 2 is 1.83 bits per heavy atom. The first-order chi connectivity index (χ1) is 14.0. The summed E-state index contributed by atoms with van der Waals surface area (Å²) in [6.07, 6.45) is 8.76. The maximum Gasteiger partial charge on any atom is 0.315 e. The van der Waals surface area contributed by atoms with Crippen LogP contribution in [0.3, 0.4) is 0 Å². The van der Waals surface area contributed by atoms with Crippen molar-refractivity contribution in [3.05, 3.63) is 34.9 Å². The van der Waals surface area contributed by atoms with Crippen molar-refractivity contribution >= 4 is 11.9 Å². The maximum absolute atomic E-state index is 12.6. The molecule has 0 aromatic heterocycles. The molecule has 2 aliphatic carbocycles. The summed E-state index contributed by atoms with van der Waals surface area (Å²) >= 11 is 0. The fourth-order valence-corrected chi connectivity index (χ4v) is 5.24. The SMILES string of the molecule is Cc1ccc(C2(CNC(=O)NC3CCN(C(=O)C4CCCC4)C3)CCC2)cc1C. The fraction of sp³-hybridized carbons (Fsp3) is 0.667. The van der Waals surface area contributed by atoms with Crippen LogP contribution in [0.4, 0.5) is 4.79 Å². The van der Waals surface area contributed by atoms with Crippen LogP contribution >= 0.6 is 0 Å². The second-order valence-corrected chi connectivity index (χ2v) is 9.51. The lowest BCUT2D eigenvalue weighted by Crippen LogP contribution is -2.50. The highest BCUT2D eigenvalue weighted by atomic mass is 16.2. The van der Waals surface area contributed by atoms with E-state index in [2.05, 4.69) is 42.7 Å². The van der Waals surface area contributed by atoms with E-state index in [9.17, 15) is 9.59 Å². The first-order valence-corrected chi connectivity index (χ1v) is 11.4. The molecule has 29 heavy (non-hydrogen) atoms. The minimum atomic E-state index is -0.0970. The second kappa shape index (κ2) is 8.37. The molecule has 1 aromatic rings. The summed E-state index contributed by atoms with van der Waals surface area (Å²) in [5.74, 6) is 0.523. The van der Waals surface area contributed by atoms with Gasteiger partial charge in [-0.1, -0.05) is 37.5 Å². The van der Waals surface area contributed by atoms with Crippen LogP contribution in [0.15, 0.2) is 18.2 Å². The van der Waals surface area contributed by atoms with E-state index in [-0.39, 0.29) is 23.4 Å². The molecular weight excluding hydrogens is 362 g/mol. The van der Waals surface area contributed by atoms with Crippen molar-refractivity contribution in [1.29, 1.82) is 0 Å². The quantitative estimate of drug-likeness (QED) is 0.794. The molecule has 3 aliphatic rings. The van der Waals surface area contributed by atoms with E-state index in [1.54, 1.807) is 0 Å². The Morgan fingerprint density at radius 1 is 1.07 bits per heavy atom. The van der Waals surface area contributed by atoms with Gasteiger partial charge in [0.05, 0.1) is 0 Å². The molecule has 3 amide bonds. The molecule has 1 atom stereocenters. The van der Waals surface area contributed by atoms with Crippen molar-refractivity contribution in [2.75, 3.05) is 19.6 Å². The van der Waals surface area contributed by atoms with Crippen LogP contribution in [-0.4, -0.2) is 42.5 Å². The third kappa shape index (κ3) is 4.29. The molecule has 0 spiro atoms. The number of nitrogens with one attached hydrogen (secondary N) is 2. The molecule has 5 heteroatoms. The van der Waals surface area contributed by atoms with E-state index in [0.717, 1.165) is 38.6 Å². The largest absolute Gasteiger partial charge is 0.340 e. The molecule has 2 N–H and O–H groups in total. The molecule has 2 saturated carbocycles. The molecule has 1 saturated heterocycles. The highest BCUT2D eigenvalue weighted by Gasteiger charge is 2.39. The monoisotopic (exact) mass is 397 g/mol. The lowest BCUT2D eigenvalue weighted by atomic mass is 9.64. The van der Waals surface area contributed by atoms with Gasteiger partial charge in [-0.15, -0.1) is 0 Å². The van der Waals surface area contributed by atoms with Crippen molar-refractivity contribution in [1.82, 2.24) is 15.5 Å². The highest BCUT2D eigenvalue weighted by Crippen LogP contribution is 2.43. The van der Waals surface area contributed by atoms with Crippen molar-refractivity contribution in [3.63, 3.8) is 0 Å². The van der Waals surface area contributed by atoms with Crippen LogP contribution in [0.25, 0.3) is 0 Å². The first-order valence-electron chi connectivity index (χ1n) is 11.4. The molecule has 1 aromatic carbocycles. The number of carbonyl (C=O) groups excluding carboxylic acids is 2. The van der Waals surface area contributed by atoms with E-state index >= 15 is 0 Å². The first kappa shape index (κ1) is 20.2. The van der Waals surface area contributed by atoms with Crippen LogP contribution in [0.5, 0.6) is 0 Å². The molecule has 1 unspecified atom stereocenters. The molecule has 1 heterocycles. The van der Waals surface area contributed by atoms with E-state index in [1.807, 2.05) is 4.90 Å². The number of nitrogens with zero attached hydrogens (tertiary/aromatic N) is 1. The number of hydrogen-bond acceptors (Lipinski definition) is 2. The predicted molar refractivity (Wildman–Crippen MR) is 115 cm³/mol. The summed E-state index contributed by atoms with van der Waals surface area (Å²) in [4.78, 5) is 27.1. The van der Waals surface area contributed by atoms with Gasteiger partial charge in [-0.05, 0) is 62.6 Å². The van der Waals surface area contributed by atoms with Gasteiger partial charge in [-0.25, -0.2) is 4.79 Å². The molecule has 0 bridgehead atoms. The predicted octanol–water partition coefficient (Wildman–Crippen LogP) is 3.82. The van der Waals surface area contributed by atoms with Gasteiger partial charge in [0.25, 0.3) is 0 Å². The molecular formula is C24H35N3O2. The molecule has 0 radical (unpaired) electrons. The summed E-state index contributed by atoms with van der Waals surface area (Å²) in [7, 11) is 0. The zero-order valence-electron chi connectivity index (χ0n) is 17.9. The zero-order valence-corrected chi connectivity index (χ0v) is 17.9. The minimum Gasteiger partial charge on any atom is -0.340 e. The number of likely N-dealkylation sites (tertiary alicyclic amines) is 1. The van der Waals surface area contributed by atoms with Gasteiger partial charge in [0.2, 0.25) is 5.91 Å². The second-order valence-electron chi connectivity index (χ2n) is 9.51. The molecule has 1 aliphatic heterocycles. The van der Waals surface area contributed by atoms with Gasteiger partial charge in [0, 0.05) is 37.0 Å². The van der Waals surface area contributed by atoms with E-state index in [0.29, 0.717) is 19.0 Å². The number of hydrogen-bond donors (Lipinski definition) is 2. The Morgan fingerprint density at radius 3 is 2.48 bits per heavy atom. The van der Waals surface area contributed by atoms with Crippen molar-refractivity contribution in [3.8, 4) is 0 Å². The number of urea groups is 1. The normalized spacial score (nSPS) is 23.7. The van der Waals surface area contributed by atoms with Gasteiger partial charge in [-0.3, -0.25) is 4.79 Å². The highest BCUT2D eigenvalue weighted by molar-refractivity contribution is 5.80. The summed E-state index contributed by atoms with van der Waals surface area (Å²) in [6, 6.07) is 6.68.